The van der Waals surface area contributed by atoms with Crippen LogP contribution in [-0.2, 0) is 4.79 Å². The fourth-order valence-electron chi connectivity index (χ4n) is 3.39. The molecule has 1 aliphatic carbocycles. The molecule has 1 saturated heterocycles. The van der Waals surface area contributed by atoms with E-state index in [9.17, 15) is 4.79 Å². The Balaban J connectivity index is 0.00000162. The molecule has 0 spiro atoms. The first-order valence-electron chi connectivity index (χ1n) is 7.10. The first-order valence-corrected chi connectivity index (χ1v) is 7.10. The standard InChI is InChI=1S/C14H26N2O.ClH/c1-10(2)7-11-5-6-16(9-11)14(17)12-3-4-13(15)8-12;/h10-13H,3-9,15H2,1-2H3;1H. The van der Waals surface area contributed by atoms with E-state index in [0.29, 0.717) is 5.91 Å². The van der Waals surface area contributed by atoms with Gasteiger partial charge in [-0.3, -0.25) is 4.79 Å². The van der Waals surface area contributed by atoms with E-state index in [0.717, 1.165) is 44.2 Å². The van der Waals surface area contributed by atoms with Gasteiger partial charge in [-0.2, -0.15) is 0 Å². The zero-order valence-electron chi connectivity index (χ0n) is 11.6. The Morgan fingerprint density at radius 2 is 2.06 bits per heavy atom. The van der Waals surface area contributed by atoms with Gasteiger partial charge in [0.25, 0.3) is 0 Å². The topological polar surface area (TPSA) is 46.3 Å². The number of carbonyl (C=O) groups excluding carboxylic acids is 1. The molecule has 3 unspecified atom stereocenters. The molecule has 3 atom stereocenters. The van der Waals surface area contributed by atoms with Crippen LogP contribution in [0.1, 0.15) is 46.0 Å². The average Bonchev–Trinajstić information content (AvgIpc) is 2.85. The lowest BCUT2D eigenvalue weighted by atomic mass is 9.97. The fourth-order valence-corrected chi connectivity index (χ4v) is 3.39. The van der Waals surface area contributed by atoms with Crippen molar-refractivity contribution in [3.05, 3.63) is 0 Å². The predicted octanol–water partition coefficient (Wildman–Crippen LogP) is 2.43. The minimum atomic E-state index is 0. The number of carbonyl (C=O) groups is 1. The van der Waals surface area contributed by atoms with Gasteiger partial charge in [0, 0.05) is 25.0 Å². The van der Waals surface area contributed by atoms with Gasteiger partial charge in [-0.05, 0) is 43.9 Å². The van der Waals surface area contributed by atoms with Crippen molar-refractivity contribution >= 4 is 18.3 Å². The van der Waals surface area contributed by atoms with E-state index in [4.69, 9.17) is 5.73 Å². The molecular weight excluding hydrogens is 248 g/mol. The molecule has 4 heteroatoms. The molecular formula is C14H27ClN2O. The molecule has 2 N–H and O–H groups in total. The van der Waals surface area contributed by atoms with E-state index in [1.165, 1.54) is 12.8 Å². The van der Waals surface area contributed by atoms with Crippen molar-refractivity contribution in [2.45, 2.75) is 52.0 Å². The summed E-state index contributed by atoms with van der Waals surface area (Å²) in [6.45, 7) is 6.49. The quantitative estimate of drug-likeness (QED) is 0.859. The average molecular weight is 275 g/mol. The maximum atomic E-state index is 12.3. The van der Waals surface area contributed by atoms with Gasteiger partial charge >= 0.3 is 0 Å². The van der Waals surface area contributed by atoms with Crippen LogP contribution in [0.3, 0.4) is 0 Å². The summed E-state index contributed by atoms with van der Waals surface area (Å²) in [5, 5.41) is 0. The molecule has 0 radical (unpaired) electrons. The van der Waals surface area contributed by atoms with Gasteiger partial charge in [-0.25, -0.2) is 0 Å². The van der Waals surface area contributed by atoms with Crippen LogP contribution >= 0.6 is 12.4 Å². The zero-order valence-corrected chi connectivity index (χ0v) is 12.4. The summed E-state index contributed by atoms with van der Waals surface area (Å²) >= 11 is 0. The van der Waals surface area contributed by atoms with Crippen LogP contribution in [0.25, 0.3) is 0 Å². The van der Waals surface area contributed by atoms with Gasteiger partial charge in [0.15, 0.2) is 0 Å². The Hall–Kier alpha value is -0.280. The second kappa shape index (κ2) is 6.76. The highest BCUT2D eigenvalue weighted by Gasteiger charge is 2.34. The number of nitrogens with zero attached hydrogens (tertiary/aromatic N) is 1. The van der Waals surface area contributed by atoms with Crippen molar-refractivity contribution in [1.82, 2.24) is 4.90 Å². The normalized spacial score (nSPS) is 31.8. The van der Waals surface area contributed by atoms with E-state index < -0.39 is 0 Å². The Morgan fingerprint density at radius 3 is 2.61 bits per heavy atom. The van der Waals surface area contributed by atoms with E-state index in [2.05, 4.69) is 18.7 Å². The molecule has 0 aromatic carbocycles. The number of hydrogen-bond donors (Lipinski definition) is 1. The Kier molecular flexibility index (Phi) is 5.93. The van der Waals surface area contributed by atoms with E-state index in [1.54, 1.807) is 0 Å². The number of rotatable bonds is 3. The van der Waals surface area contributed by atoms with Gasteiger partial charge in [-0.1, -0.05) is 13.8 Å². The smallest absolute Gasteiger partial charge is 0.225 e. The lowest BCUT2D eigenvalue weighted by Crippen LogP contribution is -2.34. The lowest BCUT2D eigenvalue weighted by molar-refractivity contribution is -0.134. The molecule has 3 nitrogen and oxygen atoms in total. The molecule has 106 valence electrons. The molecule has 1 aliphatic heterocycles. The first kappa shape index (κ1) is 15.8. The maximum Gasteiger partial charge on any atom is 0.225 e. The minimum absolute atomic E-state index is 0. The monoisotopic (exact) mass is 274 g/mol. The molecule has 1 saturated carbocycles. The SMILES string of the molecule is CC(C)CC1CCN(C(=O)C2CCC(N)C2)C1.Cl. The summed E-state index contributed by atoms with van der Waals surface area (Å²) in [7, 11) is 0. The third-order valence-corrected chi connectivity index (χ3v) is 4.22. The number of likely N-dealkylation sites (tertiary alicyclic amines) is 1. The third kappa shape index (κ3) is 3.86. The summed E-state index contributed by atoms with van der Waals surface area (Å²) in [5.74, 6) is 2.08. The van der Waals surface area contributed by atoms with E-state index >= 15 is 0 Å². The molecule has 0 aromatic rings. The van der Waals surface area contributed by atoms with Crippen LogP contribution in [-0.4, -0.2) is 29.9 Å². The molecule has 0 bridgehead atoms. The molecule has 0 aromatic heterocycles. The second-order valence-electron chi connectivity index (χ2n) is 6.34. The fraction of sp³-hybridized carbons (Fsp3) is 0.929. The van der Waals surface area contributed by atoms with E-state index in [-0.39, 0.29) is 24.4 Å². The highest BCUT2D eigenvalue weighted by Crippen LogP contribution is 2.30. The van der Waals surface area contributed by atoms with Gasteiger partial charge < -0.3 is 10.6 Å². The lowest BCUT2D eigenvalue weighted by Gasteiger charge is -2.21. The minimum Gasteiger partial charge on any atom is -0.342 e. The van der Waals surface area contributed by atoms with Crippen molar-refractivity contribution in [1.29, 1.82) is 0 Å². The highest BCUT2D eigenvalue weighted by molar-refractivity contribution is 5.85. The maximum absolute atomic E-state index is 12.3. The third-order valence-electron chi connectivity index (χ3n) is 4.22. The largest absolute Gasteiger partial charge is 0.342 e. The molecule has 2 rings (SSSR count). The van der Waals surface area contributed by atoms with Crippen LogP contribution in [0.4, 0.5) is 0 Å². The first-order chi connectivity index (χ1) is 8.06. The summed E-state index contributed by atoms with van der Waals surface area (Å²) in [6, 6.07) is 0.262. The molecule has 2 aliphatic rings. The summed E-state index contributed by atoms with van der Waals surface area (Å²) in [4.78, 5) is 14.4. The summed E-state index contributed by atoms with van der Waals surface area (Å²) in [5.41, 5.74) is 5.88. The van der Waals surface area contributed by atoms with Crippen LogP contribution in [0, 0.1) is 17.8 Å². The zero-order chi connectivity index (χ0) is 12.4. The number of amides is 1. The van der Waals surface area contributed by atoms with Crippen LogP contribution in [0.15, 0.2) is 0 Å². The Bertz CT molecular complexity index is 283. The highest BCUT2D eigenvalue weighted by atomic mass is 35.5. The van der Waals surface area contributed by atoms with Gasteiger partial charge in [-0.15, -0.1) is 12.4 Å². The van der Waals surface area contributed by atoms with Crippen molar-refractivity contribution in [3.63, 3.8) is 0 Å². The van der Waals surface area contributed by atoms with E-state index in [1.807, 2.05) is 0 Å². The van der Waals surface area contributed by atoms with Crippen molar-refractivity contribution in [3.8, 4) is 0 Å². The van der Waals surface area contributed by atoms with Crippen LogP contribution in [0.5, 0.6) is 0 Å². The molecule has 18 heavy (non-hydrogen) atoms. The predicted molar refractivity (Wildman–Crippen MR) is 76.7 cm³/mol. The van der Waals surface area contributed by atoms with Crippen LogP contribution < -0.4 is 5.73 Å². The van der Waals surface area contributed by atoms with Gasteiger partial charge in [0.1, 0.15) is 0 Å². The summed E-state index contributed by atoms with van der Waals surface area (Å²) < 4.78 is 0. The number of hydrogen-bond acceptors (Lipinski definition) is 2. The van der Waals surface area contributed by atoms with Crippen molar-refractivity contribution < 1.29 is 4.79 Å². The van der Waals surface area contributed by atoms with Crippen molar-refractivity contribution in [2.24, 2.45) is 23.5 Å². The Morgan fingerprint density at radius 1 is 1.33 bits per heavy atom. The molecule has 2 fully saturated rings. The van der Waals surface area contributed by atoms with Crippen LogP contribution in [0.2, 0.25) is 0 Å². The van der Waals surface area contributed by atoms with Gasteiger partial charge in [0.2, 0.25) is 5.91 Å². The summed E-state index contributed by atoms with van der Waals surface area (Å²) in [6.07, 6.45) is 5.39. The number of nitrogens with two attached hydrogens (primary N) is 1. The second-order valence-corrected chi connectivity index (χ2v) is 6.34. The molecule has 1 amide bonds. The number of halogens is 1. The van der Waals surface area contributed by atoms with Gasteiger partial charge in [0.05, 0.1) is 0 Å². The Labute approximate surface area is 117 Å². The van der Waals surface area contributed by atoms with Crippen molar-refractivity contribution in [2.75, 3.05) is 13.1 Å². The molecule has 1 heterocycles.